The van der Waals surface area contributed by atoms with Gasteiger partial charge in [-0.15, -0.1) is 0 Å². The number of fused-ring (bicyclic) bond motifs is 1. The Balaban J connectivity index is 0. The molecule has 0 saturated heterocycles. The van der Waals surface area contributed by atoms with Crippen LogP contribution in [0.25, 0.3) is 6.08 Å². The number of rotatable bonds is 0. The minimum absolute atomic E-state index is 0.247. The standard InChI is InChI=1S/C11H12.3C2H6/c1-11(2)8-7-9-5-3-4-6-10(9)11;3*1-2/h3-8H,1-2H3;3*1-2H3. The second-order valence-electron chi connectivity index (χ2n) is 3.64. The van der Waals surface area contributed by atoms with Crippen molar-refractivity contribution in [2.45, 2.75) is 60.8 Å². The highest BCUT2D eigenvalue weighted by Gasteiger charge is 2.23. The topological polar surface area (TPSA) is 0 Å². The number of allylic oxidation sites excluding steroid dienone is 1. The Labute approximate surface area is 109 Å². The van der Waals surface area contributed by atoms with Crippen LogP contribution in [0.5, 0.6) is 0 Å². The molecule has 0 spiro atoms. The fourth-order valence-corrected chi connectivity index (χ4v) is 1.62. The maximum atomic E-state index is 2.26. The van der Waals surface area contributed by atoms with Crippen LogP contribution in [-0.2, 0) is 5.41 Å². The van der Waals surface area contributed by atoms with Gasteiger partial charge >= 0.3 is 0 Å². The van der Waals surface area contributed by atoms with Crippen LogP contribution in [0.1, 0.15) is 66.5 Å². The summed E-state index contributed by atoms with van der Waals surface area (Å²) in [5.74, 6) is 0. The van der Waals surface area contributed by atoms with E-state index >= 15 is 0 Å². The molecule has 0 saturated carbocycles. The van der Waals surface area contributed by atoms with Crippen molar-refractivity contribution in [3.63, 3.8) is 0 Å². The molecule has 1 aliphatic rings. The van der Waals surface area contributed by atoms with Crippen LogP contribution >= 0.6 is 0 Å². The van der Waals surface area contributed by atoms with Crippen molar-refractivity contribution >= 4 is 6.08 Å². The summed E-state index contributed by atoms with van der Waals surface area (Å²) in [5, 5.41) is 0. The average molecular weight is 234 g/mol. The van der Waals surface area contributed by atoms with Crippen LogP contribution < -0.4 is 0 Å². The van der Waals surface area contributed by atoms with Gasteiger partial charge in [-0.25, -0.2) is 0 Å². The van der Waals surface area contributed by atoms with E-state index in [1.807, 2.05) is 41.5 Å². The average Bonchev–Trinajstić information content (AvgIpc) is 2.73. The molecule has 0 unspecified atom stereocenters. The van der Waals surface area contributed by atoms with Crippen molar-refractivity contribution in [2.75, 3.05) is 0 Å². The maximum Gasteiger partial charge on any atom is 0.00845 e. The fraction of sp³-hybridized carbons (Fsp3) is 0.529. The minimum Gasteiger partial charge on any atom is -0.0739 e. The first-order chi connectivity index (χ1) is 8.20. The summed E-state index contributed by atoms with van der Waals surface area (Å²) in [7, 11) is 0. The highest BCUT2D eigenvalue weighted by atomic mass is 14.3. The first-order valence-corrected chi connectivity index (χ1v) is 6.99. The molecule has 0 atom stereocenters. The Morgan fingerprint density at radius 2 is 1.24 bits per heavy atom. The van der Waals surface area contributed by atoms with Gasteiger partial charge in [-0.05, 0) is 11.1 Å². The van der Waals surface area contributed by atoms with Crippen molar-refractivity contribution in [3.05, 3.63) is 41.5 Å². The zero-order valence-corrected chi connectivity index (χ0v) is 13.0. The molecule has 0 bridgehead atoms. The zero-order valence-electron chi connectivity index (χ0n) is 13.0. The predicted molar refractivity (Wildman–Crippen MR) is 82.5 cm³/mol. The summed E-state index contributed by atoms with van der Waals surface area (Å²) < 4.78 is 0. The lowest BCUT2D eigenvalue weighted by Crippen LogP contribution is -2.10. The van der Waals surface area contributed by atoms with Crippen molar-refractivity contribution in [2.24, 2.45) is 0 Å². The van der Waals surface area contributed by atoms with Crippen LogP contribution in [0.2, 0.25) is 0 Å². The molecule has 98 valence electrons. The van der Waals surface area contributed by atoms with Crippen LogP contribution in [0.4, 0.5) is 0 Å². The Hall–Kier alpha value is -1.04. The van der Waals surface area contributed by atoms with Crippen molar-refractivity contribution in [1.82, 2.24) is 0 Å². The van der Waals surface area contributed by atoms with Crippen molar-refractivity contribution < 1.29 is 0 Å². The smallest absolute Gasteiger partial charge is 0.00845 e. The molecular weight excluding hydrogens is 204 g/mol. The molecule has 0 radical (unpaired) electrons. The molecule has 0 amide bonds. The van der Waals surface area contributed by atoms with Gasteiger partial charge in [0.05, 0.1) is 0 Å². The third kappa shape index (κ3) is 5.21. The van der Waals surface area contributed by atoms with E-state index in [2.05, 4.69) is 50.3 Å². The van der Waals surface area contributed by atoms with Crippen LogP contribution in [0.3, 0.4) is 0 Å². The molecule has 0 nitrogen and oxygen atoms in total. The number of hydrogen-bond acceptors (Lipinski definition) is 0. The molecule has 0 fully saturated rings. The first-order valence-electron chi connectivity index (χ1n) is 6.99. The molecule has 0 heterocycles. The van der Waals surface area contributed by atoms with Crippen LogP contribution in [0, 0.1) is 0 Å². The third-order valence-electron chi connectivity index (χ3n) is 2.33. The molecular formula is C17H30. The van der Waals surface area contributed by atoms with Gasteiger partial charge in [-0.1, -0.05) is 91.8 Å². The predicted octanol–water partition coefficient (Wildman–Crippen LogP) is 6.07. The van der Waals surface area contributed by atoms with E-state index in [1.165, 1.54) is 11.1 Å². The molecule has 1 aliphatic carbocycles. The lowest BCUT2D eigenvalue weighted by atomic mass is 9.87. The van der Waals surface area contributed by atoms with Gasteiger partial charge in [0.2, 0.25) is 0 Å². The van der Waals surface area contributed by atoms with Gasteiger partial charge in [0.15, 0.2) is 0 Å². The van der Waals surface area contributed by atoms with E-state index in [4.69, 9.17) is 0 Å². The summed E-state index contributed by atoms with van der Waals surface area (Å²) in [6.45, 7) is 16.5. The van der Waals surface area contributed by atoms with Crippen LogP contribution in [-0.4, -0.2) is 0 Å². The largest absolute Gasteiger partial charge is 0.0739 e. The normalized spacial score (nSPS) is 12.9. The van der Waals surface area contributed by atoms with Crippen molar-refractivity contribution in [1.29, 1.82) is 0 Å². The van der Waals surface area contributed by atoms with E-state index in [0.717, 1.165) is 0 Å². The molecule has 0 aromatic heterocycles. The highest BCUT2D eigenvalue weighted by molar-refractivity contribution is 5.64. The number of hydrogen-bond donors (Lipinski definition) is 0. The van der Waals surface area contributed by atoms with Gasteiger partial charge in [-0.3, -0.25) is 0 Å². The van der Waals surface area contributed by atoms with Crippen LogP contribution in [0.15, 0.2) is 30.3 Å². The molecule has 1 aromatic rings. The van der Waals surface area contributed by atoms with E-state index in [9.17, 15) is 0 Å². The molecule has 0 N–H and O–H groups in total. The Morgan fingerprint density at radius 3 is 1.71 bits per heavy atom. The SMILES string of the molecule is CC.CC.CC.CC1(C)C=Cc2ccccc21. The first kappa shape index (κ1) is 18.3. The molecule has 0 heteroatoms. The second-order valence-corrected chi connectivity index (χ2v) is 3.64. The number of benzene rings is 1. The fourth-order valence-electron chi connectivity index (χ4n) is 1.62. The maximum absolute atomic E-state index is 2.26. The lowest BCUT2D eigenvalue weighted by molar-refractivity contribution is 0.683. The monoisotopic (exact) mass is 234 g/mol. The lowest BCUT2D eigenvalue weighted by Gasteiger charge is -2.16. The summed E-state index contributed by atoms with van der Waals surface area (Å²) in [5.41, 5.74) is 3.06. The second kappa shape index (κ2) is 10.1. The van der Waals surface area contributed by atoms with Crippen molar-refractivity contribution in [3.8, 4) is 0 Å². The molecule has 17 heavy (non-hydrogen) atoms. The van der Waals surface area contributed by atoms with Gasteiger partial charge in [0.1, 0.15) is 0 Å². The molecule has 2 rings (SSSR count). The van der Waals surface area contributed by atoms with E-state index in [-0.39, 0.29) is 5.41 Å². The summed E-state index contributed by atoms with van der Waals surface area (Å²) in [6, 6.07) is 8.56. The Bertz CT molecular complexity index is 306. The van der Waals surface area contributed by atoms with E-state index in [0.29, 0.717) is 0 Å². The minimum atomic E-state index is 0.247. The highest BCUT2D eigenvalue weighted by Crippen LogP contribution is 2.34. The molecule has 0 aliphatic heterocycles. The Morgan fingerprint density at radius 1 is 0.765 bits per heavy atom. The van der Waals surface area contributed by atoms with E-state index in [1.54, 1.807) is 0 Å². The summed E-state index contributed by atoms with van der Waals surface area (Å²) >= 11 is 0. The van der Waals surface area contributed by atoms with Gasteiger partial charge < -0.3 is 0 Å². The third-order valence-corrected chi connectivity index (χ3v) is 2.33. The van der Waals surface area contributed by atoms with E-state index < -0.39 is 0 Å². The Kier molecular flexibility index (Phi) is 10.9. The zero-order chi connectivity index (χ0) is 13.9. The quantitative estimate of drug-likeness (QED) is 0.511. The summed E-state index contributed by atoms with van der Waals surface area (Å²) in [4.78, 5) is 0. The van der Waals surface area contributed by atoms with Gasteiger partial charge in [-0.2, -0.15) is 0 Å². The molecule has 1 aromatic carbocycles. The summed E-state index contributed by atoms with van der Waals surface area (Å²) in [6.07, 6.45) is 4.47. The van der Waals surface area contributed by atoms with Gasteiger partial charge in [0.25, 0.3) is 0 Å². The van der Waals surface area contributed by atoms with Gasteiger partial charge in [0, 0.05) is 5.41 Å².